The van der Waals surface area contributed by atoms with E-state index in [9.17, 15) is 9.59 Å². The predicted molar refractivity (Wildman–Crippen MR) is 115 cm³/mol. The van der Waals surface area contributed by atoms with E-state index in [1.54, 1.807) is 22.3 Å². The minimum absolute atomic E-state index is 0.00158. The zero-order chi connectivity index (χ0) is 21.1. The topological polar surface area (TPSA) is 96.3 Å². The van der Waals surface area contributed by atoms with Crippen LogP contribution < -0.4 is 5.32 Å². The van der Waals surface area contributed by atoms with Crippen molar-refractivity contribution in [2.45, 2.75) is 19.8 Å². The minimum atomic E-state index is -0.00158. The Balaban J connectivity index is 1.30. The van der Waals surface area contributed by atoms with Crippen LogP contribution in [0.2, 0.25) is 0 Å². The summed E-state index contributed by atoms with van der Waals surface area (Å²) in [5.41, 5.74) is 1.17. The summed E-state index contributed by atoms with van der Waals surface area (Å²) in [5, 5.41) is 8.17. The van der Waals surface area contributed by atoms with Crippen LogP contribution in [0.3, 0.4) is 0 Å². The normalized spacial score (nSPS) is 19.7. The molecule has 2 aromatic heterocycles. The highest BCUT2D eigenvalue weighted by Gasteiger charge is 2.30. The zero-order valence-corrected chi connectivity index (χ0v) is 18.2. The van der Waals surface area contributed by atoms with E-state index < -0.39 is 0 Å². The van der Waals surface area contributed by atoms with Crippen molar-refractivity contribution < 1.29 is 9.59 Å². The van der Waals surface area contributed by atoms with E-state index in [4.69, 9.17) is 0 Å². The van der Waals surface area contributed by atoms with E-state index in [0.29, 0.717) is 38.5 Å². The summed E-state index contributed by atoms with van der Waals surface area (Å²) in [6.45, 7) is 5.70. The standard InChI is InChI=1S/C20H27N7O2S/c1-3-21-19(29)15-4-7-26(11-15)12-17(28)27-8-5-14(6-9-27)20-22-10-16(30-20)18-23-13-25(2)24-18/h5,10,13,15H,3-4,6-9,11-12H2,1-2H3,(H,21,29)/t15-/m1/s1. The summed E-state index contributed by atoms with van der Waals surface area (Å²) in [7, 11) is 1.84. The Morgan fingerprint density at radius 3 is 2.87 bits per heavy atom. The summed E-state index contributed by atoms with van der Waals surface area (Å²) >= 11 is 1.58. The van der Waals surface area contributed by atoms with Crippen LogP contribution in [0.15, 0.2) is 18.6 Å². The smallest absolute Gasteiger partial charge is 0.237 e. The highest BCUT2D eigenvalue weighted by molar-refractivity contribution is 7.16. The van der Waals surface area contributed by atoms with E-state index in [0.717, 1.165) is 29.3 Å². The highest BCUT2D eigenvalue weighted by Crippen LogP contribution is 2.30. The lowest BCUT2D eigenvalue weighted by Gasteiger charge is -2.28. The van der Waals surface area contributed by atoms with Crippen LogP contribution in [0, 0.1) is 5.92 Å². The van der Waals surface area contributed by atoms with E-state index in [1.165, 1.54) is 5.57 Å². The van der Waals surface area contributed by atoms with Crippen molar-refractivity contribution in [2.75, 3.05) is 39.3 Å². The molecule has 9 nitrogen and oxygen atoms in total. The second kappa shape index (κ2) is 9.05. The number of nitrogens with one attached hydrogen (secondary N) is 1. The van der Waals surface area contributed by atoms with E-state index >= 15 is 0 Å². The van der Waals surface area contributed by atoms with Crippen molar-refractivity contribution >= 4 is 28.7 Å². The first kappa shape index (κ1) is 20.7. The third-order valence-corrected chi connectivity index (χ3v) is 6.58. The molecular weight excluding hydrogens is 402 g/mol. The number of likely N-dealkylation sites (tertiary alicyclic amines) is 1. The number of aryl methyl sites for hydroxylation is 1. The predicted octanol–water partition coefficient (Wildman–Crippen LogP) is 1.01. The maximum atomic E-state index is 12.7. The molecule has 0 aliphatic carbocycles. The maximum Gasteiger partial charge on any atom is 0.237 e. The molecular formula is C20H27N7O2S. The summed E-state index contributed by atoms with van der Waals surface area (Å²) < 4.78 is 1.68. The number of nitrogens with zero attached hydrogens (tertiary/aromatic N) is 6. The summed E-state index contributed by atoms with van der Waals surface area (Å²) in [4.78, 5) is 38.4. The van der Waals surface area contributed by atoms with Gasteiger partial charge in [-0.3, -0.25) is 19.2 Å². The molecule has 4 heterocycles. The van der Waals surface area contributed by atoms with Gasteiger partial charge in [-0.2, -0.15) is 5.10 Å². The summed E-state index contributed by atoms with van der Waals surface area (Å²) in [5.74, 6) is 0.908. The number of amides is 2. The maximum absolute atomic E-state index is 12.7. The van der Waals surface area contributed by atoms with Gasteiger partial charge in [-0.25, -0.2) is 9.97 Å². The van der Waals surface area contributed by atoms with Gasteiger partial charge in [0.25, 0.3) is 0 Å². The molecule has 10 heteroatoms. The number of aromatic nitrogens is 4. The third-order valence-electron chi connectivity index (χ3n) is 5.52. The number of carbonyl (C=O) groups excluding carboxylic acids is 2. The van der Waals surface area contributed by atoms with Crippen LogP contribution in [-0.2, 0) is 16.6 Å². The van der Waals surface area contributed by atoms with Crippen molar-refractivity contribution in [3.8, 4) is 10.7 Å². The van der Waals surface area contributed by atoms with Gasteiger partial charge in [0.1, 0.15) is 11.3 Å². The molecule has 1 N–H and O–H groups in total. The fourth-order valence-electron chi connectivity index (χ4n) is 3.87. The van der Waals surface area contributed by atoms with Crippen LogP contribution in [0.1, 0.15) is 24.8 Å². The molecule has 160 valence electrons. The van der Waals surface area contributed by atoms with Gasteiger partial charge < -0.3 is 10.2 Å². The number of carbonyl (C=O) groups is 2. The molecule has 2 amide bonds. The van der Waals surface area contributed by atoms with Crippen molar-refractivity contribution in [1.82, 2.24) is 34.9 Å². The van der Waals surface area contributed by atoms with E-state index in [-0.39, 0.29) is 17.7 Å². The van der Waals surface area contributed by atoms with E-state index in [1.807, 2.05) is 25.1 Å². The molecule has 0 saturated carbocycles. The van der Waals surface area contributed by atoms with Gasteiger partial charge in [-0.1, -0.05) is 6.08 Å². The molecule has 2 aromatic rings. The Kier molecular flexibility index (Phi) is 6.24. The first-order valence-electron chi connectivity index (χ1n) is 10.3. The lowest BCUT2D eigenvalue weighted by Crippen LogP contribution is -2.42. The quantitative estimate of drug-likeness (QED) is 0.736. The first-order valence-corrected chi connectivity index (χ1v) is 11.1. The Morgan fingerprint density at radius 2 is 2.17 bits per heavy atom. The molecule has 0 spiro atoms. The largest absolute Gasteiger partial charge is 0.356 e. The molecule has 0 aromatic carbocycles. The Morgan fingerprint density at radius 1 is 1.30 bits per heavy atom. The fourth-order valence-corrected chi connectivity index (χ4v) is 4.79. The lowest BCUT2D eigenvalue weighted by molar-refractivity contribution is -0.132. The second-order valence-electron chi connectivity index (χ2n) is 7.71. The van der Waals surface area contributed by atoms with Gasteiger partial charge in [-0.15, -0.1) is 11.3 Å². The average molecular weight is 430 g/mol. The molecule has 0 unspecified atom stereocenters. The summed E-state index contributed by atoms with van der Waals surface area (Å²) in [6, 6.07) is 0. The molecule has 30 heavy (non-hydrogen) atoms. The number of hydrogen-bond donors (Lipinski definition) is 1. The molecule has 1 atom stereocenters. The van der Waals surface area contributed by atoms with Crippen molar-refractivity contribution in [2.24, 2.45) is 13.0 Å². The van der Waals surface area contributed by atoms with Crippen molar-refractivity contribution in [3.05, 3.63) is 23.6 Å². The molecule has 2 aliphatic heterocycles. The zero-order valence-electron chi connectivity index (χ0n) is 17.4. The van der Waals surface area contributed by atoms with Gasteiger partial charge in [-0.05, 0) is 31.9 Å². The van der Waals surface area contributed by atoms with Crippen LogP contribution in [0.5, 0.6) is 0 Å². The van der Waals surface area contributed by atoms with Gasteiger partial charge in [0, 0.05) is 39.4 Å². The number of thiazole rings is 1. The summed E-state index contributed by atoms with van der Waals surface area (Å²) in [6.07, 6.45) is 7.19. The third kappa shape index (κ3) is 4.59. The Bertz CT molecular complexity index is 951. The minimum Gasteiger partial charge on any atom is -0.356 e. The van der Waals surface area contributed by atoms with Gasteiger partial charge >= 0.3 is 0 Å². The van der Waals surface area contributed by atoms with Gasteiger partial charge in [0.2, 0.25) is 11.8 Å². The Labute approximate surface area is 179 Å². The van der Waals surface area contributed by atoms with E-state index in [2.05, 4.69) is 31.4 Å². The highest BCUT2D eigenvalue weighted by atomic mass is 32.1. The van der Waals surface area contributed by atoms with Crippen LogP contribution in [0.4, 0.5) is 0 Å². The number of rotatable bonds is 6. The first-order chi connectivity index (χ1) is 14.5. The molecule has 0 bridgehead atoms. The SMILES string of the molecule is CCNC(=O)[C@@H]1CCN(CC(=O)N2CC=C(c3ncc(-c4ncn(C)n4)s3)CC2)C1. The molecule has 4 rings (SSSR count). The second-order valence-corrected chi connectivity index (χ2v) is 8.74. The Hall–Kier alpha value is -2.59. The molecule has 0 radical (unpaired) electrons. The molecule has 2 aliphatic rings. The fraction of sp³-hybridized carbons (Fsp3) is 0.550. The molecule has 1 fully saturated rings. The van der Waals surface area contributed by atoms with Crippen molar-refractivity contribution in [3.63, 3.8) is 0 Å². The van der Waals surface area contributed by atoms with Crippen LogP contribution >= 0.6 is 11.3 Å². The monoisotopic (exact) mass is 429 g/mol. The molecule has 1 saturated heterocycles. The van der Waals surface area contributed by atoms with Crippen molar-refractivity contribution in [1.29, 1.82) is 0 Å². The van der Waals surface area contributed by atoms with Gasteiger partial charge in [0.05, 0.1) is 17.3 Å². The van der Waals surface area contributed by atoms with Crippen LogP contribution in [0.25, 0.3) is 16.3 Å². The van der Waals surface area contributed by atoms with Gasteiger partial charge in [0.15, 0.2) is 5.82 Å². The van der Waals surface area contributed by atoms with Crippen LogP contribution in [-0.4, -0.2) is 80.6 Å². The average Bonchev–Trinajstić information content (AvgIpc) is 3.49. The number of hydrogen-bond acceptors (Lipinski definition) is 7. The lowest BCUT2D eigenvalue weighted by atomic mass is 10.1.